The van der Waals surface area contributed by atoms with Crippen molar-refractivity contribution in [2.45, 2.75) is 45.6 Å². The van der Waals surface area contributed by atoms with Gasteiger partial charge in [-0.15, -0.1) is 0 Å². The summed E-state index contributed by atoms with van der Waals surface area (Å²) in [5.74, 6) is 0.107. The highest BCUT2D eigenvalue weighted by molar-refractivity contribution is 6.31. The molecule has 1 aromatic rings. The van der Waals surface area contributed by atoms with Crippen LogP contribution in [-0.2, 0) is 4.79 Å². The van der Waals surface area contributed by atoms with Gasteiger partial charge in [-0.3, -0.25) is 4.79 Å². The Morgan fingerprint density at radius 1 is 1.43 bits per heavy atom. The monoisotopic (exact) mass is 313 g/mol. The molecule has 1 unspecified atom stereocenters. The van der Waals surface area contributed by atoms with E-state index in [1.807, 2.05) is 25.1 Å². The molecule has 0 saturated carbocycles. The van der Waals surface area contributed by atoms with E-state index < -0.39 is 5.97 Å². The first-order valence-electron chi connectivity index (χ1n) is 7.33. The summed E-state index contributed by atoms with van der Waals surface area (Å²) in [7, 11) is 0. The van der Waals surface area contributed by atoms with Crippen LogP contribution in [0, 0.1) is 6.92 Å². The Kier molecular flexibility index (Phi) is 8.16. The molecule has 21 heavy (non-hydrogen) atoms. The van der Waals surface area contributed by atoms with Crippen LogP contribution < -0.4 is 10.1 Å². The van der Waals surface area contributed by atoms with Gasteiger partial charge in [-0.2, -0.15) is 0 Å². The van der Waals surface area contributed by atoms with E-state index in [-0.39, 0.29) is 6.42 Å². The Morgan fingerprint density at radius 3 is 2.86 bits per heavy atom. The van der Waals surface area contributed by atoms with Gasteiger partial charge in [-0.1, -0.05) is 11.6 Å². The summed E-state index contributed by atoms with van der Waals surface area (Å²) in [6, 6.07) is 6.03. The van der Waals surface area contributed by atoms with Crippen LogP contribution in [0.3, 0.4) is 0 Å². The molecule has 0 amide bonds. The Hall–Kier alpha value is -1.26. The zero-order valence-corrected chi connectivity index (χ0v) is 13.4. The molecule has 0 spiro atoms. The minimum atomic E-state index is -0.740. The number of nitrogens with one attached hydrogen (secondary N) is 1. The minimum absolute atomic E-state index is 0.221. The van der Waals surface area contributed by atoms with Crippen LogP contribution in [0.1, 0.15) is 38.2 Å². The maximum Gasteiger partial charge on any atom is 0.303 e. The van der Waals surface area contributed by atoms with Crippen molar-refractivity contribution in [3.8, 4) is 5.75 Å². The van der Waals surface area contributed by atoms with Crippen molar-refractivity contribution in [2.75, 3.05) is 13.2 Å². The normalized spacial score (nSPS) is 12.1. The number of hydrogen-bond acceptors (Lipinski definition) is 3. The zero-order chi connectivity index (χ0) is 15.7. The first-order valence-corrected chi connectivity index (χ1v) is 7.71. The fourth-order valence-corrected chi connectivity index (χ4v) is 2.09. The largest absolute Gasteiger partial charge is 0.494 e. The number of benzene rings is 1. The van der Waals surface area contributed by atoms with Crippen molar-refractivity contribution < 1.29 is 14.6 Å². The molecular weight excluding hydrogens is 290 g/mol. The van der Waals surface area contributed by atoms with Crippen LogP contribution in [0.5, 0.6) is 5.75 Å². The number of carboxylic acid groups (broad SMARTS) is 1. The number of hydrogen-bond donors (Lipinski definition) is 2. The molecule has 0 bridgehead atoms. The molecule has 0 fully saturated rings. The molecule has 0 aliphatic rings. The molecule has 0 radical (unpaired) electrons. The topological polar surface area (TPSA) is 58.6 Å². The van der Waals surface area contributed by atoms with Crippen LogP contribution in [-0.4, -0.2) is 30.3 Å². The van der Waals surface area contributed by atoms with Gasteiger partial charge in [0.1, 0.15) is 5.75 Å². The van der Waals surface area contributed by atoms with Crippen LogP contribution in [0.25, 0.3) is 0 Å². The van der Waals surface area contributed by atoms with Gasteiger partial charge in [0, 0.05) is 17.5 Å². The molecule has 0 heterocycles. The molecule has 0 aliphatic heterocycles. The third kappa shape index (κ3) is 7.93. The van der Waals surface area contributed by atoms with E-state index in [9.17, 15) is 4.79 Å². The van der Waals surface area contributed by atoms with Crippen molar-refractivity contribution in [3.63, 3.8) is 0 Å². The van der Waals surface area contributed by atoms with E-state index >= 15 is 0 Å². The number of carboxylic acids is 1. The molecule has 118 valence electrons. The van der Waals surface area contributed by atoms with E-state index in [1.54, 1.807) is 0 Å². The molecule has 1 atom stereocenters. The van der Waals surface area contributed by atoms with Gasteiger partial charge in [-0.05, 0) is 63.4 Å². The quantitative estimate of drug-likeness (QED) is 0.647. The smallest absolute Gasteiger partial charge is 0.303 e. The van der Waals surface area contributed by atoms with Gasteiger partial charge in [0.2, 0.25) is 0 Å². The van der Waals surface area contributed by atoms with E-state index in [0.717, 1.165) is 35.7 Å². The average molecular weight is 314 g/mol. The van der Waals surface area contributed by atoms with Crippen molar-refractivity contribution in [2.24, 2.45) is 0 Å². The lowest BCUT2D eigenvalue weighted by molar-refractivity contribution is -0.137. The summed E-state index contributed by atoms with van der Waals surface area (Å²) in [4.78, 5) is 10.4. The van der Waals surface area contributed by atoms with Crippen LogP contribution in [0.15, 0.2) is 18.2 Å². The highest BCUT2D eigenvalue weighted by Crippen LogP contribution is 2.21. The van der Waals surface area contributed by atoms with E-state index in [4.69, 9.17) is 21.4 Å². The lowest BCUT2D eigenvalue weighted by Crippen LogP contribution is -2.27. The predicted octanol–water partition coefficient (Wildman–Crippen LogP) is 3.65. The fourth-order valence-electron chi connectivity index (χ4n) is 1.98. The van der Waals surface area contributed by atoms with Crippen LogP contribution in [0.2, 0.25) is 5.02 Å². The summed E-state index contributed by atoms with van der Waals surface area (Å²) >= 11 is 5.96. The van der Waals surface area contributed by atoms with E-state index in [2.05, 4.69) is 12.2 Å². The number of aryl methyl sites for hydroxylation is 1. The van der Waals surface area contributed by atoms with E-state index in [0.29, 0.717) is 19.1 Å². The predicted molar refractivity (Wildman–Crippen MR) is 85.3 cm³/mol. The highest BCUT2D eigenvalue weighted by Gasteiger charge is 2.03. The Labute approximate surface area is 131 Å². The molecular formula is C16H24ClNO3. The Morgan fingerprint density at radius 2 is 2.19 bits per heavy atom. The third-order valence-corrected chi connectivity index (χ3v) is 3.66. The van der Waals surface area contributed by atoms with Gasteiger partial charge in [0.15, 0.2) is 0 Å². The van der Waals surface area contributed by atoms with Gasteiger partial charge in [0.05, 0.1) is 6.61 Å². The van der Waals surface area contributed by atoms with Gasteiger partial charge in [-0.25, -0.2) is 0 Å². The first-order chi connectivity index (χ1) is 9.99. The van der Waals surface area contributed by atoms with Crippen molar-refractivity contribution in [1.29, 1.82) is 0 Å². The second-order valence-electron chi connectivity index (χ2n) is 5.25. The second-order valence-corrected chi connectivity index (χ2v) is 5.66. The third-order valence-electron chi connectivity index (χ3n) is 3.24. The van der Waals surface area contributed by atoms with Crippen molar-refractivity contribution in [1.82, 2.24) is 5.32 Å². The van der Waals surface area contributed by atoms with Gasteiger partial charge < -0.3 is 15.2 Å². The number of aliphatic carboxylic acids is 1. The minimum Gasteiger partial charge on any atom is -0.494 e. The lowest BCUT2D eigenvalue weighted by atomic mass is 10.2. The van der Waals surface area contributed by atoms with Gasteiger partial charge in [0.25, 0.3) is 0 Å². The molecule has 5 heteroatoms. The SMILES string of the molecule is Cc1cc(OCCCC(C)NCCCC(=O)O)ccc1Cl. The number of rotatable bonds is 10. The molecule has 0 saturated heterocycles. The van der Waals surface area contributed by atoms with Crippen molar-refractivity contribution >= 4 is 17.6 Å². The van der Waals surface area contributed by atoms with Crippen molar-refractivity contribution in [3.05, 3.63) is 28.8 Å². The van der Waals surface area contributed by atoms with Crippen LogP contribution in [0.4, 0.5) is 0 Å². The molecule has 0 aromatic heterocycles. The van der Waals surface area contributed by atoms with E-state index in [1.165, 1.54) is 0 Å². The average Bonchev–Trinajstić information content (AvgIpc) is 2.43. The van der Waals surface area contributed by atoms with Gasteiger partial charge >= 0.3 is 5.97 Å². The summed E-state index contributed by atoms with van der Waals surface area (Å²) in [6.45, 7) is 5.47. The Bertz CT molecular complexity index is 451. The number of carbonyl (C=O) groups is 1. The highest BCUT2D eigenvalue weighted by atomic mass is 35.5. The summed E-state index contributed by atoms with van der Waals surface area (Å²) in [5, 5.41) is 12.6. The molecule has 2 N–H and O–H groups in total. The number of ether oxygens (including phenoxy) is 1. The maximum absolute atomic E-state index is 10.4. The summed E-state index contributed by atoms with van der Waals surface area (Å²) in [6.07, 6.45) is 2.84. The summed E-state index contributed by atoms with van der Waals surface area (Å²) in [5.41, 5.74) is 1.02. The molecule has 4 nitrogen and oxygen atoms in total. The maximum atomic E-state index is 10.4. The standard InChI is InChI=1S/C16H24ClNO3/c1-12-11-14(7-8-15(12)17)21-10-4-5-13(2)18-9-3-6-16(19)20/h7-8,11,13,18H,3-6,9-10H2,1-2H3,(H,19,20). The molecule has 1 aromatic carbocycles. The molecule has 0 aliphatic carbocycles. The second kappa shape index (κ2) is 9.64. The van der Waals surface area contributed by atoms with Crippen LogP contribution >= 0.6 is 11.6 Å². The Balaban J connectivity index is 2.10. The first kappa shape index (κ1) is 17.8. The summed E-state index contributed by atoms with van der Waals surface area (Å²) < 4.78 is 5.69. The zero-order valence-electron chi connectivity index (χ0n) is 12.7. The fraction of sp³-hybridized carbons (Fsp3) is 0.562. The lowest BCUT2D eigenvalue weighted by Gasteiger charge is -2.14. The number of halogens is 1. The molecule has 1 rings (SSSR count).